The molecule has 1 saturated heterocycles. The number of nitrogens with zero attached hydrogens (tertiary/aromatic N) is 2. The highest BCUT2D eigenvalue weighted by molar-refractivity contribution is 7.89. The first-order valence-corrected chi connectivity index (χ1v) is 11.1. The van der Waals surface area contributed by atoms with Crippen LogP contribution in [0, 0.1) is 11.8 Å². The molecule has 2 aromatic rings. The van der Waals surface area contributed by atoms with Crippen molar-refractivity contribution in [2.75, 3.05) is 19.6 Å². The second-order valence-corrected chi connectivity index (χ2v) is 9.76. The number of amides is 1. The monoisotopic (exact) mass is 391 g/mol. The van der Waals surface area contributed by atoms with E-state index in [1.54, 1.807) is 12.1 Å². The van der Waals surface area contributed by atoms with Crippen LogP contribution >= 0.6 is 0 Å². The van der Waals surface area contributed by atoms with Crippen molar-refractivity contribution in [3.8, 4) is 0 Å². The summed E-state index contributed by atoms with van der Waals surface area (Å²) in [7, 11) is -1.67. The van der Waals surface area contributed by atoms with Gasteiger partial charge in [0, 0.05) is 43.8 Å². The third-order valence-electron chi connectivity index (χ3n) is 5.27. The Balaban J connectivity index is 1.72. The lowest BCUT2D eigenvalue weighted by Gasteiger charge is -2.31. The second-order valence-electron chi connectivity index (χ2n) is 7.82. The average molecular weight is 392 g/mol. The van der Waals surface area contributed by atoms with Gasteiger partial charge in [-0.25, -0.2) is 8.42 Å². The van der Waals surface area contributed by atoms with Crippen LogP contribution in [0.1, 0.15) is 33.1 Å². The molecule has 1 aromatic heterocycles. The quantitative estimate of drug-likeness (QED) is 0.823. The number of piperidine rings is 1. The zero-order valence-electron chi connectivity index (χ0n) is 16.3. The lowest BCUT2D eigenvalue weighted by Crippen LogP contribution is -2.45. The fraction of sp³-hybridized carbons (Fsp3) is 0.550. The standard InChI is InChI=1S/C20H29N3O3S/c1-15(2)8-10-21-20(24)17-5-4-11-23(14-17)27(25,26)18-6-7-19-16(13-18)9-12-22(19)3/h6-7,9,12-13,15,17H,4-5,8,10-11,14H2,1-3H3,(H,21,24). The van der Waals surface area contributed by atoms with Crippen LogP contribution in [0.3, 0.4) is 0 Å². The van der Waals surface area contributed by atoms with Crippen molar-refractivity contribution >= 4 is 26.8 Å². The smallest absolute Gasteiger partial charge is 0.243 e. The van der Waals surface area contributed by atoms with Crippen molar-refractivity contribution in [1.29, 1.82) is 0 Å². The Kier molecular flexibility index (Phi) is 5.91. The first-order valence-electron chi connectivity index (χ1n) is 9.62. The summed E-state index contributed by atoms with van der Waals surface area (Å²) in [5, 5.41) is 3.86. The van der Waals surface area contributed by atoms with Crippen LogP contribution in [0.25, 0.3) is 10.9 Å². The summed E-state index contributed by atoms with van der Waals surface area (Å²) < 4.78 is 29.6. The first-order chi connectivity index (χ1) is 12.8. The summed E-state index contributed by atoms with van der Waals surface area (Å²) in [5.74, 6) is 0.219. The van der Waals surface area contributed by atoms with E-state index in [9.17, 15) is 13.2 Å². The van der Waals surface area contributed by atoms with Crippen LogP contribution in [0.5, 0.6) is 0 Å². The van der Waals surface area contributed by atoms with Crippen LogP contribution in [0.15, 0.2) is 35.4 Å². The Morgan fingerprint density at radius 3 is 2.81 bits per heavy atom. The number of aryl methyl sites for hydroxylation is 1. The number of hydrogen-bond acceptors (Lipinski definition) is 3. The van der Waals surface area contributed by atoms with Crippen LogP contribution in [-0.4, -0.2) is 42.8 Å². The molecule has 0 saturated carbocycles. The third kappa shape index (κ3) is 4.35. The van der Waals surface area contributed by atoms with Gasteiger partial charge in [0.15, 0.2) is 0 Å². The van der Waals surface area contributed by atoms with E-state index in [0.29, 0.717) is 30.3 Å². The lowest BCUT2D eigenvalue weighted by atomic mass is 9.98. The molecule has 1 aliphatic heterocycles. The van der Waals surface area contributed by atoms with Crippen LogP contribution in [0.4, 0.5) is 0 Å². The fourth-order valence-corrected chi connectivity index (χ4v) is 5.13. The van der Waals surface area contributed by atoms with Crippen molar-refractivity contribution in [3.63, 3.8) is 0 Å². The van der Waals surface area contributed by atoms with Crippen molar-refractivity contribution in [1.82, 2.24) is 14.2 Å². The van der Waals surface area contributed by atoms with Gasteiger partial charge in [0.25, 0.3) is 0 Å². The molecule has 0 bridgehead atoms. The van der Waals surface area contributed by atoms with E-state index in [2.05, 4.69) is 19.2 Å². The maximum Gasteiger partial charge on any atom is 0.243 e. The highest BCUT2D eigenvalue weighted by Gasteiger charge is 2.33. The second kappa shape index (κ2) is 8.02. The molecular weight excluding hydrogens is 362 g/mol. The highest BCUT2D eigenvalue weighted by Crippen LogP contribution is 2.26. The van der Waals surface area contributed by atoms with Gasteiger partial charge in [0.05, 0.1) is 10.8 Å². The van der Waals surface area contributed by atoms with E-state index < -0.39 is 10.0 Å². The predicted molar refractivity (Wildman–Crippen MR) is 107 cm³/mol. The van der Waals surface area contributed by atoms with E-state index in [1.807, 2.05) is 29.9 Å². The number of nitrogens with one attached hydrogen (secondary N) is 1. The molecule has 0 radical (unpaired) electrons. The summed E-state index contributed by atoms with van der Waals surface area (Å²) in [4.78, 5) is 12.7. The Labute approximate surface area is 161 Å². The maximum absolute atomic E-state index is 13.1. The number of fused-ring (bicyclic) bond motifs is 1. The van der Waals surface area contributed by atoms with E-state index in [-0.39, 0.29) is 18.4 Å². The van der Waals surface area contributed by atoms with E-state index >= 15 is 0 Å². The van der Waals surface area contributed by atoms with Gasteiger partial charge in [-0.2, -0.15) is 4.31 Å². The molecule has 2 heterocycles. The zero-order chi connectivity index (χ0) is 19.6. The molecule has 1 aliphatic rings. The summed E-state index contributed by atoms with van der Waals surface area (Å²) in [6, 6.07) is 7.12. The summed E-state index contributed by atoms with van der Waals surface area (Å²) >= 11 is 0. The molecule has 3 rings (SSSR count). The van der Waals surface area contributed by atoms with Crippen molar-refractivity contribution < 1.29 is 13.2 Å². The Bertz CT molecular complexity index is 918. The largest absolute Gasteiger partial charge is 0.356 e. The Morgan fingerprint density at radius 1 is 1.30 bits per heavy atom. The summed E-state index contributed by atoms with van der Waals surface area (Å²) in [6.07, 6.45) is 4.28. The molecule has 27 heavy (non-hydrogen) atoms. The number of sulfonamides is 1. The number of carbonyl (C=O) groups excluding carboxylic acids is 1. The molecule has 1 aromatic carbocycles. The van der Waals surface area contributed by atoms with E-state index in [4.69, 9.17) is 0 Å². The maximum atomic E-state index is 13.1. The van der Waals surface area contributed by atoms with Crippen molar-refractivity contribution in [2.24, 2.45) is 18.9 Å². The van der Waals surface area contributed by atoms with Gasteiger partial charge in [-0.1, -0.05) is 13.8 Å². The molecule has 1 fully saturated rings. The molecule has 1 unspecified atom stereocenters. The van der Waals surface area contributed by atoms with E-state index in [0.717, 1.165) is 23.7 Å². The first kappa shape index (κ1) is 19.9. The molecule has 7 heteroatoms. The topological polar surface area (TPSA) is 71.4 Å². The number of benzene rings is 1. The van der Waals surface area contributed by atoms with Crippen molar-refractivity contribution in [2.45, 2.75) is 38.0 Å². The number of rotatable bonds is 6. The van der Waals surface area contributed by atoms with Crippen LogP contribution in [-0.2, 0) is 21.9 Å². The normalized spacial score (nSPS) is 18.9. The number of carbonyl (C=O) groups is 1. The molecule has 1 amide bonds. The summed E-state index contributed by atoms with van der Waals surface area (Å²) in [5.41, 5.74) is 0.995. The van der Waals surface area contributed by atoms with Crippen LogP contribution < -0.4 is 5.32 Å². The average Bonchev–Trinajstić information content (AvgIpc) is 3.02. The Morgan fingerprint density at radius 2 is 2.07 bits per heavy atom. The van der Waals surface area contributed by atoms with Gasteiger partial charge in [-0.3, -0.25) is 4.79 Å². The van der Waals surface area contributed by atoms with Crippen LogP contribution in [0.2, 0.25) is 0 Å². The number of aromatic nitrogens is 1. The Hall–Kier alpha value is -1.86. The lowest BCUT2D eigenvalue weighted by molar-refractivity contribution is -0.126. The van der Waals surface area contributed by atoms with Gasteiger partial charge >= 0.3 is 0 Å². The molecule has 6 nitrogen and oxygen atoms in total. The minimum absolute atomic E-state index is 0.0333. The third-order valence-corrected chi connectivity index (χ3v) is 7.13. The molecule has 1 atom stereocenters. The predicted octanol–water partition coefficient (Wildman–Crippen LogP) is 2.74. The van der Waals surface area contributed by atoms with Gasteiger partial charge in [0.1, 0.15) is 0 Å². The molecule has 0 aliphatic carbocycles. The number of hydrogen-bond donors (Lipinski definition) is 1. The molecule has 1 N–H and O–H groups in total. The van der Waals surface area contributed by atoms with Gasteiger partial charge in [-0.05, 0) is 49.4 Å². The SMILES string of the molecule is CC(C)CCNC(=O)C1CCCN(S(=O)(=O)c2ccc3c(ccn3C)c2)C1. The van der Waals surface area contributed by atoms with Gasteiger partial charge in [-0.15, -0.1) is 0 Å². The van der Waals surface area contributed by atoms with Crippen molar-refractivity contribution in [3.05, 3.63) is 30.5 Å². The molecule has 0 spiro atoms. The molecular formula is C20H29N3O3S. The van der Waals surface area contributed by atoms with E-state index in [1.165, 1.54) is 4.31 Å². The fourth-order valence-electron chi connectivity index (χ4n) is 3.57. The minimum Gasteiger partial charge on any atom is -0.356 e. The highest BCUT2D eigenvalue weighted by atomic mass is 32.2. The molecule has 148 valence electrons. The minimum atomic E-state index is -3.60. The zero-order valence-corrected chi connectivity index (χ0v) is 17.1. The summed E-state index contributed by atoms with van der Waals surface area (Å²) in [6.45, 7) is 5.59. The van der Waals surface area contributed by atoms with Gasteiger partial charge in [0.2, 0.25) is 15.9 Å². The van der Waals surface area contributed by atoms with Gasteiger partial charge < -0.3 is 9.88 Å².